The highest BCUT2D eigenvalue weighted by Crippen LogP contribution is 2.34. The quantitative estimate of drug-likeness (QED) is 0.828. The summed E-state index contributed by atoms with van der Waals surface area (Å²) in [6.07, 6.45) is 0.446. The summed E-state index contributed by atoms with van der Waals surface area (Å²) in [5.74, 6) is -0.630. The maximum Gasteiger partial charge on any atom is 0.418 e. The van der Waals surface area contributed by atoms with E-state index in [9.17, 15) is 18.0 Å². The van der Waals surface area contributed by atoms with E-state index in [1.54, 1.807) is 12.3 Å². The Balaban J connectivity index is 2.20. The highest BCUT2D eigenvalue weighted by molar-refractivity contribution is 6.05. The van der Waals surface area contributed by atoms with Gasteiger partial charge in [-0.15, -0.1) is 0 Å². The molecule has 2 rings (SSSR count). The molecule has 7 heteroatoms. The van der Waals surface area contributed by atoms with Gasteiger partial charge in [0.05, 0.1) is 28.7 Å². The summed E-state index contributed by atoms with van der Waals surface area (Å²) in [6.45, 7) is 2.88. The third-order valence-corrected chi connectivity index (χ3v) is 3.75. The van der Waals surface area contributed by atoms with Crippen LogP contribution in [0.25, 0.3) is 0 Å². The molecule has 2 aromatic rings. The van der Waals surface area contributed by atoms with E-state index in [0.717, 1.165) is 31.1 Å². The number of unbranched alkanes of at least 4 members (excludes halogenated alkanes) is 1. The molecular weight excluding hydrogens is 331 g/mol. The summed E-state index contributed by atoms with van der Waals surface area (Å²) in [7, 11) is 1.88. The fourth-order valence-electron chi connectivity index (χ4n) is 2.32. The second kappa shape index (κ2) is 8.00. The smallest absolute Gasteiger partial charge is 0.373 e. The van der Waals surface area contributed by atoms with Crippen molar-refractivity contribution in [2.75, 3.05) is 23.8 Å². The molecule has 0 aliphatic carbocycles. The Morgan fingerprint density at radius 1 is 1.24 bits per heavy atom. The van der Waals surface area contributed by atoms with E-state index >= 15 is 0 Å². The number of carbonyl (C=O) groups is 1. The number of pyridine rings is 1. The fraction of sp³-hybridized carbons (Fsp3) is 0.333. The van der Waals surface area contributed by atoms with Crippen LogP contribution >= 0.6 is 0 Å². The average Bonchev–Trinajstić information content (AvgIpc) is 2.59. The van der Waals surface area contributed by atoms with Gasteiger partial charge in [0.25, 0.3) is 5.91 Å². The van der Waals surface area contributed by atoms with E-state index in [1.807, 2.05) is 11.9 Å². The standard InChI is InChI=1S/C18H20F3N3O/c1-3-4-9-24(2)14-10-13(11-22-12-14)17(25)23-16-8-6-5-7-15(16)18(19,20)21/h5-8,10-12H,3-4,9H2,1-2H3,(H,23,25). The van der Waals surface area contributed by atoms with Crippen LogP contribution in [0.4, 0.5) is 24.5 Å². The lowest BCUT2D eigenvalue weighted by Crippen LogP contribution is -2.20. The SMILES string of the molecule is CCCCN(C)c1cncc(C(=O)Nc2ccccc2C(F)(F)F)c1. The lowest BCUT2D eigenvalue weighted by Gasteiger charge is -2.19. The van der Waals surface area contributed by atoms with E-state index in [2.05, 4.69) is 17.2 Å². The molecule has 4 nitrogen and oxygen atoms in total. The highest BCUT2D eigenvalue weighted by atomic mass is 19.4. The van der Waals surface area contributed by atoms with Gasteiger partial charge >= 0.3 is 6.18 Å². The molecule has 1 aromatic carbocycles. The topological polar surface area (TPSA) is 45.2 Å². The number of hydrogen-bond donors (Lipinski definition) is 1. The van der Waals surface area contributed by atoms with Gasteiger partial charge in [0.15, 0.2) is 0 Å². The predicted molar refractivity (Wildman–Crippen MR) is 91.8 cm³/mol. The first-order chi connectivity index (χ1) is 11.8. The minimum atomic E-state index is -4.54. The summed E-state index contributed by atoms with van der Waals surface area (Å²) in [5.41, 5.74) is -0.208. The molecule has 25 heavy (non-hydrogen) atoms. The van der Waals surface area contributed by atoms with E-state index < -0.39 is 17.6 Å². The third kappa shape index (κ3) is 4.95. The van der Waals surface area contributed by atoms with Gasteiger partial charge in [-0.2, -0.15) is 13.2 Å². The summed E-state index contributed by atoms with van der Waals surface area (Å²) < 4.78 is 39.1. The Labute approximate surface area is 144 Å². The number of anilines is 2. The van der Waals surface area contributed by atoms with Crippen LogP contribution in [0.15, 0.2) is 42.7 Å². The molecule has 0 spiro atoms. The molecule has 0 saturated carbocycles. The van der Waals surface area contributed by atoms with Gasteiger partial charge in [0.1, 0.15) is 0 Å². The van der Waals surface area contributed by atoms with Gasteiger partial charge in [0, 0.05) is 19.8 Å². The van der Waals surface area contributed by atoms with Crippen LogP contribution in [0.2, 0.25) is 0 Å². The Hall–Kier alpha value is -2.57. The number of alkyl halides is 3. The lowest BCUT2D eigenvalue weighted by molar-refractivity contribution is -0.136. The van der Waals surface area contributed by atoms with Crippen LogP contribution in [-0.2, 0) is 6.18 Å². The number of amides is 1. The molecule has 134 valence electrons. The second-order valence-electron chi connectivity index (χ2n) is 5.70. The number of nitrogens with one attached hydrogen (secondary N) is 1. The molecule has 0 saturated heterocycles. The number of benzene rings is 1. The summed E-state index contributed by atoms with van der Waals surface area (Å²) >= 11 is 0. The fourth-order valence-corrected chi connectivity index (χ4v) is 2.32. The van der Waals surface area contributed by atoms with Crippen LogP contribution in [0.1, 0.15) is 35.7 Å². The van der Waals surface area contributed by atoms with Crippen molar-refractivity contribution >= 4 is 17.3 Å². The van der Waals surface area contributed by atoms with Gasteiger partial charge in [-0.3, -0.25) is 9.78 Å². The predicted octanol–water partition coefficient (Wildman–Crippen LogP) is 4.59. The van der Waals surface area contributed by atoms with Gasteiger partial charge in [-0.05, 0) is 24.6 Å². The zero-order valence-electron chi connectivity index (χ0n) is 14.1. The zero-order valence-corrected chi connectivity index (χ0v) is 14.1. The third-order valence-electron chi connectivity index (χ3n) is 3.75. The normalized spacial score (nSPS) is 11.2. The van der Waals surface area contributed by atoms with Crippen molar-refractivity contribution in [2.24, 2.45) is 0 Å². The van der Waals surface area contributed by atoms with Crippen molar-refractivity contribution in [3.8, 4) is 0 Å². The molecule has 0 radical (unpaired) electrons. The summed E-state index contributed by atoms with van der Waals surface area (Å²) in [4.78, 5) is 18.3. The van der Waals surface area contributed by atoms with Crippen LogP contribution in [0.3, 0.4) is 0 Å². The summed E-state index contributed by atoms with van der Waals surface area (Å²) in [5, 5.41) is 2.33. The maximum atomic E-state index is 13.0. The molecule has 1 amide bonds. The number of carbonyl (C=O) groups excluding carboxylic acids is 1. The van der Waals surface area contributed by atoms with Crippen molar-refractivity contribution in [2.45, 2.75) is 25.9 Å². The van der Waals surface area contributed by atoms with E-state index in [-0.39, 0.29) is 11.3 Å². The monoisotopic (exact) mass is 351 g/mol. The number of para-hydroxylation sites is 1. The van der Waals surface area contributed by atoms with Gasteiger partial charge in [-0.1, -0.05) is 25.5 Å². The van der Waals surface area contributed by atoms with Crippen molar-refractivity contribution in [3.05, 3.63) is 53.9 Å². The first-order valence-corrected chi connectivity index (χ1v) is 7.96. The van der Waals surface area contributed by atoms with Crippen molar-refractivity contribution in [3.63, 3.8) is 0 Å². The van der Waals surface area contributed by atoms with Crippen LogP contribution in [0, 0.1) is 0 Å². The van der Waals surface area contributed by atoms with Gasteiger partial charge in [-0.25, -0.2) is 0 Å². The molecule has 0 aliphatic heterocycles. The molecule has 0 aliphatic rings. The van der Waals surface area contributed by atoms with E-state index in [4.69, 9.17) is 0 Å². The van der Waals surface area contributed by atoms with Gasteiger partial charge in [0.2, 0.25) is 0 Å². The number of rotatable bonds is 6. The summed E-state index contributed by atoms with van der Waals surface area (Å²) in [6, 6.07) is 6.50. The molecule has 1 N–H and O–H groups in total. The number of hydrogen-bond acceptors (Lipinski definition) is 3. The van der Waals surface area contributed by atoms with E-state index in [0.29, 0.717) is 0 Å². The van der Waals surface area contributed by atoms with Crippen molar-refractivity contribution in [1.82, 2.24) is 4.98 Å². The Morgan fingerprint density at radius 2 is 1.96 bits per heavy atom. The minimum Gasteiger partial charge on any atom is -0.373 e. The number of nitrogens with zero attached hydrogens (tertiary/aromatic N) is 2. The minimum absolute atomic E-state index is 0.206. The number of aromatic nitrogens is 1. The molecular formula is C18H20F3N3O. The Bertz CT molecular complexity index is 732. The highest BCUT2D eigenvalue weighted by Gasteiger charge is 2.33. The Morgan fingerprint density at radius 3 is 2.64 bits per heavy atom. The molecule has 0 fully saturated rings. The first kappa shape index (κ1) is 18.8. The first-order valence-electron chi connectivity index (χ1n) is 7.96. The largest absolute Gasteiger partial charge is 0.418 e. The van der Waals surface area contributed by atoms with Crippen molar-refractivity contribution in [1.29, 1.82) is 0 Å². The van der Waals surface area contributed by atoms with Crippen LogP contribution < -0.4 is 10.2 Å². The van der Waals surface area contributed by atoms with Gasteiger partial charge < -0.3 is 10.2 Å². The van der Waals surface area contributed by atoms with Crippen molar-refractivity contribution < 1.29 is 18.0 Å². The molecule has 1 aromatic heterocycles. The van der Waals surface area contributed by atoms with Crippen LogP contribution in [0.5, 0.6) is 0 Å². The molecule has 0 bridgehead atoms. The molecule has 0 unspecified atom stereocenters. The maximum absolute atomic E-state index is 13.0. The number of halogens is 3. The van der Waals surface area contributed by atoms with Crippen LogP contribution in [-0.4, -0.2) is 24.5 Å². The van der Waals surface area contributed by atoms with E-state index in [1.165, 1.54) is 24.4 Å². The Kier molecular flexibility index (Phi) is 6.01. The zero-order chi connectivity index (χ0) is 18.4. The average molecular weight is 351 g/mol. The second-order valence-corrected chi connectivity index (χ2v) is 5.70. The lowest BCUT2D eigenvalue weighted by atomic mass is 10.1. The molecule has 0 atom stereocenters. The molecule has 1 heterocycles.